The molecule has 1 aromatic carbocycles. The molecule has 1 unspecified atom stereocenters. The van der Waals surface area contributed by atoms with E-state index in [9.17, 15) is 5.11 Å². The first-order valence-electron chi connectivity index (χ1n) is 5.33. The normalized spacial score (nSPS) is 12.2. The molecule has 94 valence electrons. The fourth-order valence-electron chi connectivity index (χ4n) is 1.75. The van der Waals surface area contributed by atoms with Gasteiger partial charge in [0.05, 0.1) is 6.10 Å². The van der Waals surface area contributed by atoms with Crippen molar-refractivity contribution in [2.75, 3.05) is 24.7 Å². The number of hydrogen-bond donors (Lipinski definition) is 2. The molecule has 1 rings (SSSR count). The van der Waals surface area contributed by atoms with Crippen molar-refractivity contribution >= 4 is 34.7 Å². The summed E-state index contributed by atoms with van der Waals surface area (Å²) >= 11 is 6.73. The highest BCUT2D eigenvalue weighted by molar-refractivity contribution is 7.98. The van der Waals surface area contributed by atoms with Crippen LogP contribution >= 0.6 is 24.0 Å². The summed E-state index contributed by atoms with van der Waals surface area (Å²) < 4.78 is 0. The first-order valence-corrected chi connectivity index (χ1v) is 6.96. The Hall–Kier alpha value is -0.780. The Morgan fingerprint density at radius 2 is 2.24 bits per heavy atom. The third-order valence-corrected chi connectivity index (χ3v) is 3.40. The minimum absolute atomic E-state index is 0.391. The van der Waals surface area contributed by atoms with E-state index < -0.39 is 6.10 Å². The van der Waals surface area contributed by atoms with E-state index in [4.69, 9.17) is 18.0 Å². The first kappa shape index (κ1) is 14.3. The van der Waals surface area contributed by atoms with Crippen molar-refractivity contribution in [3.63, 3.8) is 0 Å². The number of nitrogens with zero attached hydrogens (tertiary/aromatic N) is 1. The van der Waals surface area contributed by atoms with Gasteiger partial charge in [0.15, 0.2) is 0 Å². The Kier molecular flexibility index (Phi) is 5.24. The van der Waals surface area contributed by atoms with Gasteiger partial charge in [0.1, 0.15) is 4.99 Å². The van der Waals surface area contributed by atoms with Crippen LogP contribution in [0.25, 0.3) is 0 Å². The predicted octanol–water partition coefficient (Wildman–Crippen LogP) is 1.86. The van der Waals surface area contributed by atoms with E-state index in [0.29, 0.717) is 11.5 Å². The van der Waals surface area contributed by atoms with Crippen LogP contribution in [0.15, 0.2) is 23.1 Å². The quantitative estimate of drug-likeness (QED) is 0.632. The minimum Gasteiger partial charge on any atom is -0.392 e. The number of rotatable bonds is 5. The molecule has 0 aliphatic rings. The van der Waals surface area contributed by atoms with E-state index in [0.717, 1.165) is 16.1 Å². The molecule has 17 heavy (non-hydrogen) atoms. The van der Waals surface area contributed by atoms with Gasteiger partial charge in [0.2, 0.25) is 0 Å². The van der Waals surface area contributed by atoms with E-state index >= 15 is 0 Å². The maximum absolute atomic E-state index is 9.43. The molecule has 0 bridgehead atoms. The molecule has 1 atom stereocenters. The SMILES string of the molecule is CSc1cccc(N(C)CC(C)O)c1C(N)=S. The fourth-order valence-corrected chi connectivity index (χ4v) is 2.66. The molecule has 1 aromatic rings. The Labute approximate surface area is 112 Å². The van der Waals surface area contributed by atoms with Crippen LogP contribution in [0.3, 0.4) is 0 Å². The van der Waals surface area contributed by atoms with Crippen molar-refractivity contribution in [3.8, 4) is 0 Å². The Balaban J connectivity index is 3.18. The number of nitrogens with two attached hydrogens (primary N) is 1. The summed E-state index contributed by atoms with van der Waals surface area (Å²) in [5.74, 6) is 0. The third-order valence-electron chi connectivity index (χ3n) is 2.42. The highest BCUT2D eigenvalue weighted by Gasteiger charge is 2.14. The zero-order valence-electron chi connectivity index (χ0n) is 10.3. The van der Waals surface area contributed by atoms with Gasteiger partial charge < -0.3 is 15.7 Å². The van der Waals surface area contributed by atoms with E-state index in [1.807, 2.05) is 36.4 Å². The van der Waals surface area contributed by atoms with E-state index in [-0.39, 0.29) is 0 Å². The van der Waals surface area contributed by atoms with E-state index in [1.54, 1.807) is 18.7 Å². The summed E-state index contributed by atoms with van der Waals surface area (Å²) in [5, 5.41) is 9.43. The van der Waals surface area contributed by atoms with Gasteiger partial charge in [0.25, 0.3) is 0 Å². The lowest BCUT2D eigenvalue weighted by molar-refractivity contribution is 0.201. The van der Waals surface area contributed by atoms with Crippen LogP contribution in [0.2, 0.25) is 0 Å². The van der Waals surface area contributed by atoms with Gasteiger partial charge in [-0.3, -0.25) is 0 Å². The number of hydrogen-bond acceptors (Lipinski definition) is 4. The molecular weight excluding hydrogens is 252 g/mol. The largest absolute Gasteiger partial charge is 0.392 e. The average molecular weight is 270 g/mol. The minimum atomic E-state index is -0.392. The van der Waals surface area contributed by atoms with Crippen LogP contribution in [0.5, 0.6) is 0 Å². The van der Waals surface area contributed by atoms with Gasteiger partial charge in [-0.1, -0.05) is 18.3 Å². The van der Waals surface area contributed by atoms with Gasteiger partial charge in [-0.2, -0.15) is 0 Å². The number of likely N-dealkylation sites (N-methyl/N-ethyl adjacent to an activating group) is 1. The molecule has 3 nitrogen and oxygen atoms in total. The van der Waals surface area contributed by atoms with Crippen molar-refractivity contribution in [3.05, 3.63) is 23.8 Å². The first-order chi connectivity index (χ1) is 7.97. The Morgan fingerprint density at radius 3 is 2.71 bits per heavy atom. The monoisotopic (exact) mass is 270 g/mol. The number of anilines is 1. The fraction of sp³-hybridized carbons (Fsp3) is 0.417. The maximum atomic E-state index is 9.43. The van der Waals surface area contributed by atoms with Crippen LogP contribution in [0, 0.1) is 0 Å². The summed E-state index contributed by atoms with van der Waals surface area (Å²) in [6.07, 6.45) is 1.60. The Morgan fingerprint density at radius 1 is 1.59 bits per heavy atom. The smallest absolute Gasteiger partial charge is 0.107 e. The lowest BCUT2D eigenvalue weighted by atomic mass is 10.1. The van der Waals surface area contributed by atoms with Crippen LogP contribution in [-0.4, -0.2) is 36.0 Å². The lowest BCUT2D eigenvalue weighted by Crippen LogP contribution is -2.29. The van der Waals surface area contributed by atoms with Gasteiger partial charge in [0, 0.05) is 29.7 Å². The zero-order chi connectivity index (χ0) is 13.0. The van der Waals surface area contributed by atoms with E-state index in [1.165, 1.54) is 0 Å². The van der Waals surface area contributed by atoms with Crippen molar-refractivity contribution in [2.45, 2.75) is 17.9 Å². The molecule has 0 heterocycles. The summed E-state index contributed by atoms with van der Waals surface area (Å²) in [6, 6.07) is 5.94. The summed E-state index contributed by atoms with van der Waals surface area (Å²) in [7, 11) is 1.92. The van der Waals surface area contributed by atoms with E-state index in [2.05, 4.69) is 0 Å². The van der Waals surface area contributed by atoms with Crippen molar-refractivity contribution in [1.82, 2.24) is 0 Å². The van der Waals surface area contributed by atoms with Gasteiger partial charge in [-0.25, -0.2) is 0 Å². The molecule has 3 N–H and O–H groups in total. The number of aliphatic hydroxyl groups excluding tert-OH is 1. The molecular formula is C12H18N2OS2. The Bertz CT molecular complexity index is 407. The molecule has 0 amide bonds. The van der Waals surface area contributed by atoms with Crippen molar-refractivity contribution < 1.29 is 5.11 Å². The topological polar surface area (TPSA) is 49.5 Å². The molecule has 0 aromatic heterocycles. The molecule has 0 spiro atoms. The van der Waals surface area contributed by atoms with Crippen LogP contribution in [-0.2, 0) is 0 Å². The zero-order valence-corrected chi connectivity index (χ0v) is 11.9. The second-order valence-electron chi connectivity index (χ2n) is 3.95. The second-order valence-corrected chi connectivity index (χ2v) is 5.24. The van der Waals surface area contributed by atoms with Crippen LogP contribution in [0.4, 0.5) is 5.69 Å². The second kappa shape index (κ2) is 6.23. The van der Waals surface area contributed by atoms with Crippen LogP contribution < -0.4 is 10.6 Å². The average Bonchev–Trinajstić information content (AvgIpc) is 2.26. The molecule has 0 saturated carbocycles. The van der Waals surface area contributed by atoms with Crippen molar-refractivity contribution in [1.29, 1.82) is 0 Å². The standard InChI is InChI=1S/C12H18N2OS2/c1-8(15)7-14(2)9-5-4-6-10(17-3)11(9)12(13)16/h4-6,8,15H,7H2,1-3H3,(H2,13,16). The molecule has 0 aliphatic carbocycles. The molecule has 0 radical (unpaired) electrons. The van der Waals surface area contributed by atoms with Gasteiger partial charge in [-0.15, -0.1) is 11.8 Å². The third kappa shape index (κ3) is 3.59. The highest BCUT2D eigenvalue weighted by Crippen LogP contribution is 2.29. The van der Waals surface area contributed by atoms with Crippen molar-refractivity contribution in [2.24, 2.45) is 5.73 Å². The summed E-state index contributed by atoms with van der Waals surface area (Å²) in [6.45, 7) is 2.31. The number of benzene rings is 1. The molecule has 0 aliphatic heterocycles. The van der Waals surface area contributed by atoms with Gasteiger partial charge in [-0.05, 0) is 25.3 Å². The lowest BCUT2D eigenvalue weighted by Gasteiger charge is -2.24. The summed E-state index contributed by atoms with van der Waals surface area (Å²) in [5.41, 5.74) is 7.64. The summed E-state index contributed by atoms with van der Waals surface area (Å²) in [4.78, 5) is 3.42. The molecule has 0 saturated heterocycles. The van der Waals surface area contributed by atoms with Gasteiger partial charge >= 0.3 is 0 Å². The molecule has 0 fully saturated rings. The highest BCUT2D eigenvalue weighted by atomic mass is 32.2. The maximum Gasteiger partial charge on any atom is 0.107 e. The number of thiocarbonyl (C=S) groups is 1. The predicted molar refractivity (Wildman–Crippen MR) is 79.1 cm³/mol. The number of aliphatic hydroxyl groups is 1. The number of thioether (sulfide) groups is 1. The van der Waals surface area contributed by atoms with Crippen LogP contribution in [0.1, 0.15) is 12.5 Å². The molecule has 5 heteroatoms.